The number of nitrogens with two attached hydrogens (primary N) is 1. The molecule has 0 aromatic heterocycles. The van der Waals surface area contributed by atoms with Crippen LogP contribution in [0.4, 0.5) is 18.9 Å². The first-order valence-corrected chi connectivity index (χ1v) is 9.73. The van der Waals surface area contributed by atoms with Gasteiger partial charge < -0.3 is 0 Å². The van der Waals surface area contributed by atoms with Crippen LogP contribution in [-0.2, 0) is 16.2 Å². The van der Waals surface area contributed by atoms with Crippen LogP contribution in [0.5, 0.6) is 0 Å². The lowest BCUT2D eigenvalue weighted by molar-refractivity contribution is -0.140. The van der Waals surface area contributed by atoms with Gasteiger partial charge in [0.05, 0.1) is 16.5 Å². The number of hydroxylamine groups is 1. The van der Waals surface area contributed by atoms with Crippen LogP contribution in [0.1, 0.15) is 5.56 Å². The summed E-state index contributed by atoms with van der Waals surface area (Å²) >= 11 is 0. The zero-order chi connectivity index (χ0) is 21.7. The third-order valence-electron chi connectivity index (χ3n) is 4.40. The molecule has 0 amide bonds. The predicted molar refractivity (Wildman–Crippen MR) is 97.2 cm³/mol. The molecular formula is C17H11F3N6O3S. The monoisotopic (exact) mass is 436 g/mol. The van der Waals surface area contributed by atoms with Crippen LogP contribution in [0.15, 0.2) is 68.2 Å². The molecule has 0 saturated carbocycles. The number of sulfonamides is 1. The first-order valence-electron chi connectivity index (χ1n) is 8.18. The largest absolute Gasteiger partial charge is 0.417 e. The second kappa shape index (κ2) is 6.83. The summed E-state index contributed by atoms with van der Waals surface area (Å²) in [5, 5.41) is 29.9. The van der Waals surface area contributed by atoms with Gasteiger partial charge in [-0.1, -0.05) is 24.3 Å². The Bertz CT molecular complexity index is 1470. The van der Waals surface area contributed by atoms with Gasteiger partial charge in [0.15, 0.2) is 0 Å². The van der Waals surface area contributed by atoms with Gasteiger partial charge in [-0.15, -0.1) is 10.2 Å². The normalized spacial score (nSPS) is 16.7. The summed E-state index contributed by atoms with van der Waals surface area (Å²) < 4.78 is 65.3. The zero-order valence-electron chi connectivity index (χ0n) is 14.7. The number of alkyl halides is 3. The van der Waals surface area contributed by atoms with Crippen LogP contribution < -0.4 is 20.6 Å². The molecule has 2 aromatic rings. The van der Waals surface area contributed by atoms with Gasteiger partial charge in [0.2, 0.25) is 15.8 Å². The van der Waals surface area contributed by atoms with Gasteiger partial charge in [0.1, 0.15) is 4.90 Å². The molecule has 0 aliphatic carbocycles. The lowest BCUT2D eigenvalue weighted by atomic mass is 10.1. The highest BCUT2D eigenvalue weighted by Gasteiger charge is 2.38. The lowest BCUT2D eigenvalue weighted by Gasteiger charge is -2.16. The molecule has 0 radical (unpaired) electrons. The van der Waals surface area contributed by atoms with Gasteiger partial charge in [-0.3, -0.25) is 5.21 Å². The Morgan fingerprint density at radius 2 is 1.73 bits per heavy atom. The van der Waals surface area contributed by atoms with Crippen molar-refractivity contribution >= 4 is 27.6 Å². The van der Waals surface area contributed by atoms with Crippen molar-refractivity contribution in [2.75, 3.05) is 5.06 Å². The number of fused-ring (bicyclic) bond motifs is 1. The molecule has 13 heteroatoms. The maximum Gasteiger partial charge on any atom is 0.417 e. The fourth-order valence-electron chi connectivity index (χ4n) is 3.26. The van der Waals surface area contributed by atoms with E-state index in [1.165, 1.54) is 12.3 Å². The number of rotatable bonds is 1. The van der Waals surface area contributed by atoms with Crippen molar-refractivity contribution in [1.29, 1.82) is 0 Å². The van der Waals surface area contributed by atoms with Crippen LogP contribution in [-0.4, -0.2) is 13.6 Å². The van der Waals surface area contributed by atoms with E-state index < -0.39 is 37.7 Å². The Balaban J connectivity index is 2.41. The summed E-state index contributed by atoms with van der Waals surface area (Å²) in [5.74, 6) is -0.440. The number of anilines is 1. The van der Waals surface area contributed by atoms with E-state index >= 15 is 0 Å². The maximum atomic E-state index is 13.6. The van der Waals surface area contributed by atoms with Crippen molar-refractivity contribution in [2.24, 2.45) is 25.8 Å². The summed E-state index contributed by atoms with van der Waals surface area (Å²) in [6.45, 7) is 0. The van der Waals surface area contributed by atoms with E-state index in [1.54, 1.807) is 24.3 Å². The molecule has 0 atom stereocenters. The first kappa shape index (κ1) is 19.9. The molecule has 154 valence electrons. The molecule has 2 aliphatic rings. The molecule has 9 nitrogen and oxygen atoms in total. The van der Waals surface area contributed by atoms with Gasteiger partial charge in [-0.2, -0.15) is 13.2 Å². The number of halogens is 3. The highest BCUT2D eigenvalue weighted by atomic mass is 32.2. The summed E-state index contributed by atoms with van der Waals surface area (Å²) in [7, 11) is -4.88. The number of primary sulfonamides is 1. The summed E-state index contributed by atoms with van der Waals surface area (Å²) in [4.78, 5) is -1.19. The van der Waals surface area contributed by atoms with Crippen molar-refractivity contribution in [1.82, 2.24) is 0 Å². The average molecular weight is 436 g/mol. The highest BCUT2D eigenvalue weighted by Crippen LogP contribution is 2.32. The second-order valence-electron chi connectivity index (χ2n) is 6.20. The molecule has 0 fully saturated rings. The second-order valence-corrected chi connectivity index (χ2v) is 7.70. The summed E-state index contributed by atoms with van der Waals surface area (Å²) in [6.07, 6.45) is -0.533. The molecule has 0 spiro atoms. The SMILES string of the molecule is NS(=O)(=O)c1c(C(F)(F)F)cc/c(=c2/cccc3c2=CC=CN3O)c1=C1N=NN=N1. The molecular weight excluding hydrogens is 425 g/mol. The molecule has 2 aromatic carbocycles. The van der Waals surface area contributed by atoms with Crippen molar-refractivity contribution in [3.63, 3.8) is 0 Å². The van der Waals surface area contributed by atoms with Crippen molar-refractivity contribution in [3.05, 3.63) is 69.0 Å². The van der Waals surface area contributed by atoms with Crippen LogP contribution >= 0.6 is 0 Å². The van der Waals surface area contributed by atoms with E-state index in [0.29, 0.717) is 22.2 Å². The Kier molecular flexibility index (Phi) is 4.52. The van der Waals surface area contributed by atoms with Crippen LogP contribution in [0, 0.1) is 10.4 Å². The Labute approximate surface area is 166 Å². The number of benzene rings is 2. The Morgan fingerprint density at radius 3 is 2.37 bits per heavy atom. The third-order valence-corrected chi connectivity index (χ3v) is 5.39. The van der Waals surface area contributed by atoms with Gasteiger partial charge in [-0.25, -0.2) is 18.6 Å². The highest BCUT2D eigenvalue weighted by molar-refractivity contribution is 7.89. The molecule has 0 bridgehead atoms. The number of nitrogens with zero attached hydrogens (tertiary/aromatic N) is 5. The minimum atomic E-state index is -5.02. The van der Waals surface area contributed by atoms with Crippen molar-refractivity contribution < 1.29 is 26.8 Å². The molecule has 0 saturated heterocycles. The minimum absolute atomic E-state index is 0.0404. The van der Waals surface area contributed by atoms with E-state index in [4.69, 9.17) is 5.14 Å². The molecule has 0 unspecified atom stereocenters. The number of hydrogen-bond donors (Lipinski definition) is 2. The van der Waals surface area contributed by atoms with E-state index in [0.717, 1.165) is 11.1 Å². The van der Waals surface area contributed by atoms with Crippen LogP contribution in [0.25, 0.3) is 11.9 Å². The van der Waals surface area contributed by atoms with E-state index in [-0.39, 0.29) is 5.22 Å². The van der Waals surface area contributed by atoms with Gasteiger partial charge in [0, 0.05) is 11.4 Å². The van der Waals surface area contributed by atoms with Gasteiger partial charge >= 0.3 is 6.18 Å². The standard InChI is InChI=1S/C17H11F3N6O3S/c18-17(19,20)12-7-6-11(9-3-1-5-13-10(9)4-2-8-26(13)27)14(15(12)30(21,28)29)16-22-24-25-23-16/h1-8,27H,(H2,21,28,29)/b11-9+. The zero-order valence-corrected chi connectivity index (χ0v) is 15.6. The van der Waals surface area contributed by atoms with E-state index in [1.807, 2.05) is 0 Å². The minimum Gasteiger partial charge on any atom is -0.284 e. The molecule has 4 rings (SSSR count). The summed E-state index contributed by atoms with van der Waals surface area (Å²) in [6, 6.07) is 6.38. The maximum absolute atomic E-state index is 13.6. The Hall–Kier alpha value is -3.42. The lowest BCUT2D eigenvalue weighted by Crippen LogP contribution is -2.30. The van der Waals surface area contributed by atoms with Crippen molar-refractivity contribution in [3.8, 4) is 0 Å². The fourth-order valence-corrected chi connectivity index (χ4v) is 4.23. The molecule has 3 N–H and O–H groups in total. The van der Waals surface area contributed by atoms with Gasteiger partial charge in [-0.05, 0) is 39.1 Å². The first-order chi connectivity index (χ1) is 14.1. The topological polar surface area (TPSA) is 133 Å². The number of hydrogen-bond acceptors (Lipinski definition) is 8. The predicted octanol–water partition coefficient (Wildman–Crippen LogP) is 2.04. The van der Waals surface area contributed by atoms with Crippen molar-refractivity contribution in [2.45, 2.75) is 11.1 Å². The molecule has 30 heavy (non-hydrogen) atoms. The third kappa shape index (κ3) is 3.28. The van der Waals surface area contributed by atoms with Crippen LogP contribution in [0.3, 0.4) is 0 Å². The van der Waals surface area contributed by atoms with E-state index in [2.05, 4.69) is 20.7 Å². The van der Waals surface area contributed by atoms with E-state index in [9.17, 15) is 26.8 Å². The smallest absolute Gasteiger partial charge is 0.284 e. The molecule has 2 heterocycles. The Morgan fingerprint density at radius 1 is 1.03 bits per heavy atom. The summed E-state index contributed by atoms with van der Waals surface area (Å²) in [5.41, 5.74) is -1.14. The van der Waals surface area contributed by atoms with Gasteiger partial charge in [0.25, 0.3) is 0 Å². The fraction of sp³-hybridized carbons (Fsp3) is 0.0588. The average Bonchev–Trinajstić information content (AvgIpc) is 3.20. The van der Waals surface area contributed by atoms with Crippen LogP contribution in [0.2, 0.25) is 0 Å². The molecule has 2 aliphatic heterocycles. The quantitative estimate of drug-likeness (QED) is 0.708. The number of allylic oxidation sites excluding steroid dienone is 1.